The summed E-state index contributed by atoms with van der Waals surface area (Å²) in [5.41, 5.74) is 0.393. The van der Waals surface area contributed by atoms with Gasteiger partial charge in [-0.3, -0.25) is 4.31 Å². The van der Waals surface area contributed by atoms with Crippen LogP contribution < -0.4 is 4.31 Å². The third-order valence-electron chi connectivity index (χ3n) is 5.46. The first-order valence-electron chi connectivity index (χ1n) is 10.3. The summed E-state index contributed by atoms with van der Waals surface area (Å²) in [4.78, 5) is 2.65. The summed E-state index contributed by atoms with van der Waals surface area (Å²) >= 11 is 20.4. The van der Waals surface area contributed by atoms with Crippen molar-refractivity contribution in [2.24, 2.45) is 0 Å². The van der Waals surface area contributed by atoms with Gasteiger partial charge in [0.05, 0.1) is 15.6 Å². The fourth-order valence-corrected chi connectivity index (χ4v) is 6.62. The smallest absolute Gasteiger partial charge is 0.264 e. The molecule has 0 bridgehead atoms. The van der Waals surface area contributed by atoms with Gasteiger partial charge < -0.3 is 4.90 Å². The van der Waals surface area contributed by atoms with Gasteiger partial charge in [-0.05, 0) is 87.5 Å². The predicted molar refractivity (Wildman–Crippen MR) is 135 cm³/mol. The van der Waals surface area contributed by atoms with Crippen LogP contribution in [0, 0.1) is 0 Å². The summed E-state index contributed by atoms with van der Waals surface area (Å²) in [6, 6.07) is 11.1. The van der Waals surface area contributed by atoms with Crippen LogP contribution in [-0.2, 0) is 10.0 Å². The Kier molecular flexibility index (Phi) is 9.26. The van der Waals surface area contributed by atoms with E-state index in [1.54, 1.807) is 30.3 Å². The van der Waals surface area contributed by atoms with Crippen molar-refractivity contribution in [3.63, 3.8) is 0 Å². The molecule has 1 atom stereocenters. The van der Waals surface area contributed by atoms with Crippen molar-refractivity contribution in [2.45, 2.75) is 35.8 Å². The summed E-state index contributed by atoms with van der Waals surface area (Å²) in [7, 11) is -3.81. The van der Waals surface area contributed by atoms with Crippen LogP contribution in [-0.4, -0.2) is 51.0 Å². The molecule has 1 saturated heterocycles. The lowest BCUT2D eigenvalue weighted by Crippen LogP contribution is -2.38. The van der Waals surface area contributed by atoms with E-state index in [2.05, 4.69) is 11.2 Å². The molecule has 0 radical (unpaired) electrons. The van der Waals surface area contributed by atoms with E-state index in [-0.39, 0.29) is 4.90 Å². The molecule has 31 heavy (non-hydrogen) atoms. The summed E-state index contributed by atoms with van der Waals surface area (Å²) in [6.07, 6.45) is 6.29. The molecule has 170 valence electrons. The third-order valence-corrected chi connectivity index (χ3v) is 9.15. The molecule has 1 unspecified atom stereocenters. The normalized spacial score (nSPS) is 17.6. The van der Waals surface area contributed by atoms with Crippen LogP contribution in [0.1, 0.15) is 25.7 Å². The number of sulfonamides is 1. The molecule has 1 aliphatic heterocycles. The zero-order chi connectivity index (χ0) is 22.4. The first-order valence-corrected chi connectivity index (χ1v) is 14.2. The quantitative estimate of drug-likeness (QED) is 0.356. The zero-order valence-electron chi connectivity index (χ0n) is 17.4. The van der Waals surface area contributed by atoms with Crippen molar-refractivity contribution in [1.82, 2.24) is 4.90 Å². The number of hydrogen-bond acceptors (Lipinski definition) is 4. The van der Waals surface area contributed by atoms with Gasteiger partial charge in [0.25, 0.3) is 10.0 Å². The van der Waals surface area contributed by atoms with E-state index in [1.165, 1.54) is 29.3 Å². The number of hydrogen-bond donors (Lipinski definition) is 0. The van der Waals surface area contributed by atoms with Crippen LogP contribution in [0.3, 0.4) is 0 Å². The van der Waals surface area contributed by atoms with Crippen LogP contribution in [0.5, 0.6) is 0 Å². The van der Waals surface area contributed by atoms with Gasteiger partial charge in [-0.25, -0.2) is 8.42 Å². The van der Waals surface area contributed by atoms with Gasteiger partial charge in [-0.15, -0.1) is 0 Å². The Morgan fingerprint density at radius 2 is 1.77 bits per heavy atom. The van der Waals surface area contributed by atoms with Crippen LogP contribution in [0.2, 0.25) is 15.1 Å². The number of nitrogens with zero attached hydrogens (tertiary/aromatic N) is 2. The summed E-state index contributed by atoms with van der Waals surface area (Å²) in [5.74, 6) is 0. The predicted octanol–water partition coefficient (Wildman–Crippen LogP) is 6.45. The average molecular weight is 522 g/mol. The molecule has 0 N–H and O–H groups in total. The number of piperidine rings is 1. The van der Waals surface area contributed by atoms with Crippen LogP contribution in [0.25, 0.3) is 0 Å². The number of halogens is 3. The monoisotopic (exact) mass is 520 g/mol. The standard InChI is InChI=1S/C22H27Cl3N2O2S2/c1-30-19-5-4-13-26(16-19)12-2-3-14-27(22-15-18(24)8-11-21(22)25)31(28,29)20-9-6-17(23)7-10-20/h6-11,15,19H,2-5,12-14,16H2,1H3. The van der Waals surface area contributed by atoms with Gasteiger partial charge in [0.2, 0.25) is 0 Å². The second kappa shape index (κ2) is 11.5. The summed E-state index contributed by atoms with van der Waals surface area (Å²) in [6.45, 7) is 3.51. The van der Waals surface area contributed by atoms with E-state index in [4.69, 9.17) is 34.8 Å². The molecule has 0 amide bonds. The highest BCUT2D eigenvalue weighted by Crippen LogP contribution is 2.33. The molecular formula is C22H27Cl3N2O2S2. The van der Waals surface area contributed by atoms with E-state index in [0.717, 1.165) is 32.5 Å². The molecule has 2 aromatic carbocycles. The Balaban J connectivity index is 1.75. The fraction of sp³-hybridized carbons (Fsp3) is 0.455. The minimum Gasteiger partial charge on any atom is -0.302 e. The van der Waals surface area contributed by atoms with Crippen LogP contribution in [0.4, 0.5) is 5.69 Å². The first kappa shape index (κ1) is 25.0. The highest BCUT2D eigenvalue weighted by Gasteiger charge is 2.27. The van der Waals surface area contributed by atoms with Crippen molar-refractivity contribution in [1.29, 1.82) is 0 Å². The van der Waals surface area contributed by atoms with E-state index < -0.39 is 10.0 Å². The van der Waals surface area contributed by atoms with Crippen molar-refractivity contribution in [3.8, 4) is 0 Å². The van der Waals surface area contributed by atoms with E-state index >= 15 is 0 Å². The fourth-order valence-electron chi connectivity index (χ4n) is 3.78. The molecule has 3 rings (SSSR count). The maximum atomic E-state index is 13.5. The second-order valence-electron chi connectivity index (χ2n) is 7.63. The molecule has 0 spiro atoms. The maximum absolute atomic E-state index is 13.5. The lowest BCUT2D eigenvalue weighted by molar-refractivity contribution is 0.230. The first-order chi connectivity index (χ1) is 14.8. The zero-order valence-corrected chi connectivity index (χ0v) is 21.3. The number of thioether (sulfide) groups is 1. The van der Waals surface area contributed by atoms with Gasteiger partial charge >= 0.3 is 0 Å². The topological polar surface area (TPSA) is 40.6 Å². The molecule has 0 aromatic heterocycles. The maximum Gasteiger partial charge on any atom is 0.264 e. The molecule has 4 nitrogen and oxygen atoms in total. The molecule has 1 fully saturated rings. The lowest BCUT2D eigenvalue weighted by Gasteiger charge is -2.32. The number of benzene rings is 2. The molecule has 0 saturated carbocycles. The SMILES string of the molecule is CSC1CCCN(CCCCN(c2cc(Cl)ccc2Cl)S(=O)(=O)c2ccc(Cl)cc2)C1. The molecule has 1 aliphatic rings. The van der Waals surface area contributed by atoms with Gasteiger partial charge in [0, 0.05) is 28.4 Å². The van der Waals surface area contributed by atoms with Gasteiger partial charge in [-0.2, -0.15) is 11.8 Å². The number of unbranched alkanes of at least 4 members (excludes halogenated alkanes) is 1. The minimum atomic E-state index is -3.81. The third kappa shape index (κ3) is 6.68. The van der Waals surface area contributed by atoms with Crippen LogP contribution in [0.15, 0.2) is 47.4 Å². The number of rotatable bonds is 9. The van der Waals surface area contributed by atoms with Crippen molar-refractivity contribution < 1.29 is 8.42 Å². The molecule has 2 aromatic rings. The number of anilines is 1. The van der Waals surface area contributed by atoms with Gasteiger partial charge in [0.15, 0.2) is 0 Å². The molecule has 1 heterocycles. The Morgan fingerprint density at radius 3 is 2.48 bits per heavy atom. The summed E-state index contributed by atoms with van der Waals surface area (Å²) in [5, 5.41) is 1.96. The highest BCUT2D eigenvalue weighted by molar-refractivity contribution is 7.99. The van der Waals surface area contributed by atoms with Crippen molar-refractivity contribution in [2.75, 3.05) is 36.7 Å². The lowest BCUT2D eigenvalue weighted by atomic mass is 10.1. The molecular weight excluding hydrogens is 495 g/mol. The minimum absolute atomic E-state index is 0.173. The summed E-state index contributed by atoms with van der Waals surface area (Å²) < 4.78 is 28.3. The highest BCUT2D eigenvalue weighted by atomic mass is 35.5. The van der Waals surface area contributed by atoms with Crippen molar-refractivity contribution in [3.05, 3.63) is 57.5 Å². The Labute approximate surface area is 204 Å². The largest absolute Gasteiger partial charge is 0.302 e. The molecule has 0 aliphatic carbocycles. The van der Waals surface area contributed by atoms with Gasteiger partial charge in [0.1, 0.15) is 0 Å². The van der Waals surface area contributed by atoms with E-state index in [0.29, 0.717) is 32.5 Å². The van der Waals surface area contributed by atoms with E-state index in [9.17, 15) is 8.42 Å². The Bertz CT molecular complexity index is 971. The Hall–Kier alpha value is -0.630. The van der Waals surface area contributed by atoms with Gasteiger partial charge in [-0.1, -0.05) is 34.8 Å². The average Bonchev–Trinajstić information content (AvgIpc) is 2.76. The molecule has 9 heteroatoms. The number of likely N-dealkylation sites (tertiary alicyclic amines) is 1. The van der Waals surface area contributed by atoms with E-state index in [1.807, 2.05) is 11.8 Å². The Morgan fingerprint density at radius 1 is 1.06 bits per heavy atom. The second-order valence-corrected chi connectivity index (χ2v) is 11.9. The van der Waals surface area contributed by atoms with Crippen LogP contribution >= 0.6 is 46.6 Å². The van der Waals surface area contributed by atoms with Crippen molar-refractivity contribution >= 4 is 62.3 Å².